The topological polar surface area (TPSA) is 36.3 Å². The van der Waals surface area contributed by atoms with Crippen LogP contribution < -0.4 is 4.74 Å². The molecule has 0 atom stereocenters. The second kappa shape index (κ2) is 7.99. The van der Waals surface area contributed by atoms with Crippen LogP contribution in [0.5, 0.6) is 5.75 Å². The van der Waals surface area contributed by atoms with E-state index < -0.39 is 0 Å². The van der Waals surface area contributed by atoms with Crippen molar-refractivity contribution in [3.05, 3.63) is 29.8 Å². The summed E-state index contributed by atoms with van der Waals surface area (Å²) in [6, 6.07) is 9.36. The summed E-state index contributed by atoms with van der Waals surface area (Å²) in [4.78, 5) is 2.24. The van der Waals surface area contributed by atoms with Gasteiger partial charge in [-0.2, -0.15) is 17.0 Å². The van der Waals surface area contributed by atoms with Crippen LogP contribution in [0.15, 0.2) is 24.3 Å². The third kappa shape index (κ3) is 5.62. The first-order valence-corrected chi connectivity index (χ1v) is 6.96. The van der Waals surface area contributed by atoms with Crippen LogP contribution in [0.1, 0.15) is 5.56 Å². The number of benzene rings is 1. The molecule has 1 aromatic rings. The molecule has 0 fully saturated rings. The maximum atomic E-state index is 8.76. The summed E-state index contributed by atoms with van der Waals surface area (Å²) >= 11 is 1.85. The Hall–Kier alpha value is -1.18. The molecule has 0 N–H and O–H groups in total. The molecule has 0 heterocycles. The first-order chi connectivity index (χ1) is 8.26. The lowest BCUT2D eigenvalue weighted by atomic mass is 10.2. The average Bonchev–Trinajstić information content (AvgIpc) is 2.36. The molecule has 3 nitrogen and oxygen atoms in total. The summed E-state index contributed by atoms with van der Waals surface area (Å²) in [6.07, 6.45) is 2.11. The SMILES string of the molecule is CSCCN(C)CCOc1cccc(C#N)c1. The molecule has 0 spiro atoms. The fourth-order valence-corrected chi connectivity index (χ4v) is 1.83. The molecular weight excluding hydrogens is 232 g/mol. The van der Waals surface area contributed by atoms with Gasteiger partial charge in [0.05, 0.1) is 11.6 Å². The number of nitriles is 1. The van der Waals surface area contributed by atoms with Crippen LogP contribution in [-0.2, 0) is 0 Å². The van der Waals surface area contributed by atoms with Crippen molar-refractivity contribution >= 4 is 11.8 Å². The van der Waals surface area contributed by atoms with E-state index in [0.717, 1.165) is 24.6 Å². The summed E-state index contributed by atoms with van der Waals surface area (Å²) in [5.74, 6) is 1.91. The summed E-state index contributed by atoms with van der Waals surface area (Å²) in [5, 5.41) is 8.76. The van der Waals surface area contributed by atoms with Gasteiger partial charge >= 0.3 is 0 Å². The highest BCUT2D eigenvalue weighted by Crippen LogP contribution is 2.12. The van der Waals surface area contributed by atoms with Crippen molar-refractivity contribution in [2.75, 3.05) is 38.8 Å². The zero-order valence-corrected chi connectivity index (χ0v) is 11.2. The van der Waals surface area contributed by atoms with Crippen LogP contribution in [0, 0.1) is 11.3 Å². The summed E-state index contributed by atoms with van der Waals surface area (Å²) in [6.45, 7) is 2.62. The Balaban J connectivity index is 2.28. The normalized spacial score (nSPS) is 10.2. The molecular formula is C13H18N2OS. The fraction of sp³-hybridized carbons (Fsp3) is 0.462. The second-order valence-corrected chi connectivity index (χ2v) is 4.77. The lowest BCUT2D eigenvalue weighted by Gasteiger charge is -2.16. The molecule has 1 aromatic carbocycles. The summed E-state index contributed by atoms with van der Waals surface area (Å²) < 4.78 is 5.60. The molecule has 1 rings (SSSR count). The molecule has 0 aliphatic heterocycles. The van der Waals surface area contributed by atoms with Crippen LogP contribution >= 0.6 is 11.8 Å². The zero-order chi connectivity index (χ0) is 12.5. The monoisotopic (exact) mass is 250 g/mol. The molecule has 0 bridgehead atoms. The molecule has 92 valence electrons. The second-order valence-electron chi connectivity index (χ2n) is 3.78. The Morgan fingerprint density at radius 1 is 1.41 bits per heavy atom. The molecule has 0 aliphatic carbocycles. The number of likely N-dealkylation sites (N-methyl/N-ethyl adjacent to an activating group) is 1. The number of rotatable bonds is 7. The van der Waals surface area contributed by atoms with Crippen molar-refractivity contribution in [2.24, 2.45) is 0 Å². The van der Waals surface area contributed by atoms with E-state index in [1.54, 1.807) is 12.1 Å². The highest BCUT2D eigenvalue weighted by Gasteiger charge is 1.99. The van der Waals surface area contributed by atoms with Gasteiger partial charge in [0.2, 0.25) is 0 Å². The van der Waals surface area contributed by atoms with Crippen LogP contribution in [0.2, 0.25) is 0 Å². The Labute approximate surface area is 107 Å². The van der Waals surface area contributed by atoms with Gasteiger partial charge in [0.15, 0.2) is 0 Å². The maximum Gasteiger partial charge on any atom is 0.120 e. The highest BCUT2D eigenvalue weighted by molar-refractivity contribution is 7.98. The molecule has 0 radical (unpaired) electrons. The number of hydrogen-bond donors (Lipinski definition) is 0. The fourth-order valence-electron chi connectivity index (χ4n) is 1.33. The number of thioether (sulfide) groups is 1. The third-order valence-corrected chi connectivity index (χ3v) is 2.97. The molecule has 4 heteroatoms. The Bertz CT molecular complexity index is 376. The van der Waals surface area contributed by atoms with Crippen molar-refractivity contribution in [2.45, 2.75) is 0 Å². The lowest BCUT2D eigenvalue weighted by Crippen LogP contribution is -2.26. The van der Waals surface area contributed by atoms with Gasteiger partial charge in [0.1, 0.15) is 12.4 Å². The van der Waals surface area contributed by atoms with E-state index in [4.69, 9.17) is 10.00 Å². The molecule has 0 aliphatic rings. The van der Waals surface area contributed by atoms with E-state index in [-0.39, 0.29) is 0 Å². The quantitative estimate of drug-likeness (QED) is 0.743. The minimum Gasteiger partial charge on any atom is -0.492 e. The van der Waals surface area contributed by atoms with Crippen molar-refractivity contribution in [3.8, 4) is 11.8 Å². The molecule has 17 heavy (non-hydrogen) atoms. The van der Waals surface area contributed by atoms with Gasteiger partial charge in [-0.3, -0.25) is 0 Å². The largest absolute Gasteiger partial charge is 0.492 e. The van der Waals surface area contributed by atoms with E-state index in [1.165, 1.54) is 0 Å². The van der Waals surface area contributed by atoms with E-state index >= 15 is 0 Å². The van der Waals surface area contributed by atoms with Crippen molar-refractivity contribution in [3.63, 3.8) is 0 Å². The Morgan fingerprint density at radius 2 is 2.24 bits per heavy atom. The van der Waals surface area contributed by atoms with E-state index in [1.807, 2.05) is 23.9 Å². The Morgan fingerprint density at radius 3 is 2.94 bits per heavy atom. The van der Waals surface area contributed by atoms with Crippen LogP contribution in [0.4, 0.5) is 0 Å². The lowest BCUT2D eigenvalue weighted by molar-refractivity contribution is 0.245. The van der Waals surface area contributed by atoms with Crippen molar-refractivity contribution < 1.29 is 4.74 Å². The average molecular weight is 250 g/mol. The zero-order valence-electron chi connectivity index (χ0n) is 10.3. The third-order valence-electron chi connectivity index (χ3n) is 2.38. The van der Waals surface area contributed by atoms with Gasteiger partial charge in [-0.25, -0.2) is 0 Å². The van der Waals surface area contributed by atoms with Crippen LogP contribution in [0.3, 0.4) is 0 Å². The van der Waals surface area contributed by atoms with Gasteiger partial charge < -0.3 is 9.64 Å². The molecule has 0 saturated heterocycles. The Kier molecular flexibility index (Phi) is 6.53. The van der Waals surface area contributed by atoms with Gasteiger partial charge in [-0.1, -0.05) is 6.07 Å². The predicted octanol–water partition coefficient (Wildman–Crippen LogP) is 2.23. The summed E-state index contributed by atoms with van der Waals surface area (Å²) in [5.41, 5.74) is 0.637. The number of nitrogens with zero attached hydrogens (tertiary/aromatic N) is 2. The molecule has 0 amide bonds. The molecule has 0 unspecified atom stereocenters. The first-order valence-electron chi connectivity index (χ1n) is 5.56. The van der Waals surface area contributed by atoms with Crippen molar-refractivity contribution in [1.29, 1.82) is 5.26 Å². The highest BCUT2D eigenvalue weighted by atomic mass is 32.2. The maximum absolute atomic E-state index is 8.76. The van der Waals surface area contributed by atoms with E-state index in [2.05, 4.69) is 24.3 Å². The van der Waals surface area contributed by atoms with Gasteiger partial charge in [-0.05, 0) is 31.5 Å². The van der Waals surface area contributed by atoms with E-state index in [0.29, 0.717) is 12.2 Å². The predicted molar refractivity (Wildman–Crippen MR) is 72.5 cm³/mol. The number of hydrogen-bond acceptors (Lipinski definition) is 4. The van der Waals surface area contributed by atoms with Gasteiger partial charge in [0, 0.05) is 18.8 Å². The van der Waals surface area contributed by atoms with Crippen LogP contribution in [-0.4, -0.2) is 43.7 Å². The molecule has 0 aromatic heterocycles. The standard InChI is InChI=1S/C13H18N2OS/c1-15(7-9-17-2)6-8-16-13-5-3-4-12(10-13)11-14/h3-5,10H,6-9H2,1-2H3. The molecule has 0 saturated carbocycles. The van der Waals surface area contributed by atoms with E-state index in [9.17, 15) is 0 Å². The first kappa shape index (κ1) is 13.9. The van der Waals surface area contributed by atoms with Gasteiger partial charge in [-0.15, -0.1) is 0 Å². The minimum absolute atomic E-state index is 0.637. The van der Waals surface area contributed by atoms with Gasteiger partial charge in [0.25, 0.3) is 0 Å². The minimum atomic E-state index is 0.637. The number of ether oxygens (including phenoxy) is 1. The smallest absolute Gasteiger partial charge is 0.120 e. The van der Waals surface area contributed by atoms with Crippen molar-refractivity contribution in [1.82, 2.24) is 4.90 Å². The summed E-state index contributed by atoms with van der Waals surface area (Å²) in [7, 11) is 2.09. The van der Waals surface area contributed by atoms with Crippen LogP contribution in [0.25, 0.3) is 0 Å².